The molecule has 6 aromatic carbocycles. The van der Waals surface area contributed by atoms with Crippen molar-refractivity contribution in [3.05, 3.63) is 143 Å². The summed E-state index contributed by atoms with van der Waals surface area (Å²) in [5, 5.41) is 0. The second-order valence-corrected chi connectivity index (χ2v) is 23.7. The van der Waals surface area contributed by atoms with Crippen LogP contribution in [-0.4, -0.2) is 238 Å². The molecule has 544 valence electrons. The van der Waals surface area contributed by atoms with E-state index in [-0.39, 0.29) is 79.3 Å². The molecule has 24 heteroatoms. The van der Waals surface area contributed by atoms with Gasteiger partial charge >= 0.3 is 0 Å². The smallest absolute Gasteiger partial charge is 0.161 e. The second-order valence-electron chi connectivity index (χ2n) is 23.7. The molecule has 3 heterocycles. The Morgan fingerprint density at radius 1 is 0.160 bits per heavy atom. The zero-order valence-electron chi connectivity index (χ0n) is 57.6. The maximum atomic E-state index is 6.74. The topological polar surface area (TPSA) is 222 Å². The lowest BCUT2D eigenvalue weighted by Gasteiger charge is -2.54. The fourth-order valence-electron chi connectivity index (χ4n) is 12.2. The van der Waals surface area contributed by atoms with Gasteiger partial charge in [-0.1, -0.05) is 36.4 Å². The Hall–Kier alpha value is -7.56. The van der Waals surface area contributed by atoms with E-state index in [0.717, 1.165) is 33.4 Å². The van der Waals surface area contributed by atoms with Gasteiger partial charge in [0.15, 0.2) is 69.0 Å². The van der Waals surface area contributed by atoms with E-state index < -0.39 is 10.8 Å². The molecule has 2 bridgehead atoms. The van der Waals surface area contributed by atoms with Crippen LogP contribution in [0.3, 0.4) is 0 Å². The minimum absolute atomic E-state index is 0.216. The van der Waals surface area contributed by atoms with E-state index in [9.17, 15) is 0 Å². The molecule has 0 aromatic heterocycles. The Labute approximate surface area is 585 Å². The van der Waals surface area contributed by atoms with Crippen molar-refractivity contribution in [2.24, 2.45) is 0 Å². The van der Waals surface area contributed by atoms with Crippen LogP contribution in [0.2, 0.25) is 0 Å². The maximum Gasteiger partial charge on any atom is 0.161 e. The number of hydrogen-bond acceptors (Lipinski definition) is 24. The zero-order chi connectivity index (χ0) is 68.5. The van der Waals surface area contributed by atoms with Crippen molar-refractivity contribution in [2.75, 3.05) is 238 Å². The van der Waals surface area contributed by atoms with E-state index >= 15 is 0 Å². The summed E-state index contributed by atoms with van der Waals surface area (Å²) in [4.78, 5) is 0. The average Bonchev–Trinajstić information content (AvgIpc) is 0.661. The van der Waals surface area contributed by atoms with Crippen molar-refractivity contribution in [1.29, 1.82) is 0 Å². The van der Waals surface area contributed by atoms with Crippen molar-refractivity contribution in [1.82, 2.24) is 0 Å². The molecule has 0 atom stereocenters. The van der Waals surface area contributed by atoms with E-state index in [2.05, 4.69) is 50.2 Å². The fraction of sp³-hybridized carbons (Fsp3) is 0.526. The van der Waals surface area contributed by atoms with Crippen LogP contribution in [0.4, 0.5) is 0 Å². The van der Waals surface area contributed by atoms with Crippen molar-refractivity contribution < 1.29 is 114 Å². The van der Waals surface area contributed by atoms with E-state index in [1.165, 1.54) is 0 Å². The summed E-state index contributed by atoms with van der Waals surface area (Å²) < 4.78 is 148. The van der Waals surface area contributed by atoms with Gasteiger partial charge in [-0.2, -0.15) is 0 Å². The van der Waals surface area contributed by atoms with Gasteiger partial charge in [0.05, 0.1) is 159 Å². The van der Waals surface area contributed by atoms with Gasteiger partial charge in [0.25, 0.3) is 0 Å². The van der Waals surface area contributed by atoms with Crippen molar-refractivity contribution in [3.63, 3.8) is 0 Å². The molecule has 0 saturated heterocycles. The third-order valence-electron chi connectivity index (χ3n) is 17.1. The largest absolute Gasteiger partial charge is 0.487 e. The van der Waals surface area contributed by atoms with E-state index in [0.29, 0.717) is 228 Å². The molecule has 0 amide bonds. The zero-order valence-corrected chi connectivity index (χ0v) is 57.6. The highest BCUT2D eigenvalue weighted by molar-refractivity contribution is 5.79. The molecule has 6 aliphatic rings. The average molecular weight is 1390 g/mol. The number of para-hydroxylation sites is 6. The van der Waals surface area contributed by atoms with Gasteiger partial charge in [-0.25, -0.2) is 0 Å². The van der Waals surface area contributed by atoms with Gasteiger partial charge in [-0.15, -0.1) is 0 Å². The van der Waals surface area contributed by atoms with Gasteiger partial charge in [0.1, 0.15) is 79.3 Å². The molecule has 0 fully saturated rings. The second kappa shape index (κ2) is 40.2. The van der Waals surface area contributed by atoms with Crippen LogP contribution in [0.25, 0.3) is 0 Å². The Morgan fingerprint density at radius 2 is 0.270 bits per heavy atom. The highest BCUT2D eigenvalue weighted by Crippen LogP contribution is 2.65. The van der Waals surface area contributed by atoms with E-state index in [1.54, 1.807) is 0 Å². The fourth-order valence-corrected chi connectivity index (χ4v) is 12.2. The summed E-state index contributed by atoms with van der Waals surface area (Å²) in [5.74, 6) is 6.99. The third-order valence-corrected chi connectivity index (χ3v) is 17.1. The Balaban J connectivity index is 0.880. The standard InChI is InChI=1S/C76H96O24/c1-75-57-51-69-72(98-48-36-86-24-18-80-30-42-92-66-12-6-3-9-63(66)89-39-27-77-15-21-83-33-45-95-69)54-60(57)76(2,61-55-73-70(52-58(61)75)96-46-34-84-22-16-78-28-40-90-64-10-4-7-13-67(64)93-43-31-81-19-25-87-37-49-99-73)62-56-74-71(53-59(62)75)97-47-35-85-23-17-79-29-41-91-65-11-5-8-14-68(65)94-44-32-82-20-26-88-38-50-100-74/h3-14,51-56H,15-50H2,1-2H3. The molecule has 0 spiro atoms. The Bertz CT molecular complexity index is 2840. The SMILES string of the molecule is CC12c3cc4c(cc3C(C)(c3cc5c(cc31)OCCOCCOCCOc1ccccc1OCCOCCOCCO5)c1cc3c(cc12)OCCOCCOCCOc1ccccc1OCCOCCOCCO3)OCCOCCOCCOc1ccccc1OCCOCCOCCO4. The van der Waals surface area contributed by atoms with Crippen molar-refractivity contribution >= 4 is 0 Å². The molecular formula is C76H96O24. The first-order valence-corrected chi connectivity index (χ1v) is 34.8. The lowest BCUT2D eigenvalue weighted by atomic mass is 9.48. The molecule has 0 radical (unpaired) electrons. The van der Waals surface area contributed by atoms with Crippen molar-refractivity contribution in [2.45, 2.75) is 24.7 Å². The van der Waals surface area contributed by atoms with Gasteiger partial charge in [-0.05, 0) is 120 Å². The maximum absolute atomic E-state index is 6.74. The Morgan fingerprint density at radius 3 is 0.400 bits per heavy atom. The summed E-state index contributed by atoms with van der Waals surface area (Å²) in [6.45, 7) is 15.9. The summed E-state index contributed by atoms with van der Waals surface area (Å²) in [6, 6.07) is 35.3. The minimum atomic E-state index is -0.904. The molecule has 0 N–H and O–H groups in total. The number of fused-ring (bicyclic) bond motifs is 6. The molecule has 100 heavy (non-hydrogen) atoms. The highest BCUT2D eigenvalue weighted by Gasteiger charge is 2.56. The number of ether oxygens (including phenoxy) is 24. The molecule has 12 rings (SSSR count). The Kier molecular flexibility index (Phi) is 29.6. The van der Waals surface area contributed by atoms with E-state index in [1.807, 2.05) is 72.8 Å². The van der Waals surface area contributed by atoms with Crippen LogP contribution >= 0.6 is 0 Å². The number of benzene rings is 6. The molecule has 6 aromatic rings. The van der Waals surface area contributed by atoms with Crippen LogP contribution in [0, 0.1) is 0 Å². The lowest BCUT2D eigenvalue weighted by Crippen LogP contribution is -2.48. The van der Waals surface area contributed by atoms with Gasteiger partial charge < -0.3 is 114 Å². The molecule has 3 aliphatic heterocycles. The molecule has 24 nitrogen and oxygen atoms in total. The van der Waals surface area contributed by atoms with Gasteiger partial charge in [0, 0.05) is 10.8 Å². The van der Waals surface area contributed by atoms with E-state index in [4.69, 9.17) is 114 Å². The predicted octanol–water partition coefficient (Wildman–Crippen LogP) is 8.91. The molecular weight excluding hydrogens is 1300 g/mol. The van der Waals surface area contributed by atoms with Gasteiger partial charge in [0.2, 0.25) is 0 Å². The third kappa shape index (κ3) is 20.6. The normalized spacial score (nSPS) is 22.0. The molecule has 0 unspecified atom stereocenters. The number of hydrogen-bond donors (Lipinski definition) is 0. The van der Waals surface area contributed by atoms with Crippen LogP contribution in [0.5, 0.6) is 69.0 Å². The highest BCUT2D eigenvalue weighted by atomic mass is 16.6. The first-order valence-electron chi connectivity index (χ1n) is 34.8. The summed E-state index contributed by atoms with van der Waals surface area (Å²) in [7, 11) is 0. The number of rotatable bonds is 0. The summed E-state index contributed by atoms with van der Waals surface area (Å²) in [5.41, 5.74) is 4.10. The quantitative estimate of drug-likeness (QED) is 0.138. The lowest BCUT2D eigenvalue weighted by molar-refractivity contribution is 0.0222. The molecule has 3 aliphatic carbocycles. The first-order chi connectivity index (χ1) is 49.5. The van der Waals surface area contributed by atoms with Crippen LogP contribution in [-0.2, 0) is 67.7 Å². The van der Waals surface area contributed by atoms with Crippen LogP contribution in [0.1, 0.15) is 47.2 Å². The van der Waals surface area contributed by atoms with Crippen molar-refractivity contribution in [3.8, 4) is 69.0 Å². The van der Waals surface area contributed by atoms with Crippen LogP contribution < -0.4 is 56.8 Å². The summed E-state index contributed by atoms with van der Waals surface area (Å²) in [6.07, 6.45) is 0. The first kappa shape index (κ1) is 73.7. The monoisotopic (exact) mass is 1390 g/mol. The van der Waals surface area contributed by atoms with Gasteiger partial charge in [-0.3, -0.25) is 0 Å². The molecule has 0 saturated carbocycles. The summed E-state index contributed by atoms with van der Waals surface area (Å²) >= 11 is 0. The van der Waals surface area contributed by atoms with Crippen LogP contribution in [0.15, 0.2) is 109 Å². The minimum Gasteiger partial charge on any atom is -0.487 e. The predicted molar refractivity (Wildman–Crippen MR) is 366 cm³/mol.